The first-order valence-electron chi connectivity index (χ1n) is 9.17. The number of piperidine rings is 1. The maximum Gasteiger partial charge on any atom is 0.234 e. The lowest BCUT2D eigenvalue weighted by atomic mass is 9.89. The first kappa shape index (κ1) is 22.5. The molecule has 2 unspecified atom stereocenters. The van der Waals surface area contributed by atoms with Gasteiger partial charge in [0, 0.05) is 51.2 Å². The Morgan fingerprint density at radius 2 is 1.64 bits per heavy atom. The summed E-state index contributed by atoms with van der Waals surface area (Å²) in [4.78, 5) is 28.3. The number of carbonyl (C=O) groups excluding carboxylic acids is 2. The minimum Gasteiger partial charge on any atom is -0.355 e. The monoisotopic (exact) mass is 394 g/mol. The molecule has 0 spiro atoms. The highest BCUT2D eigenvalue weighted by Gasteiger charge is 2.35. The van der Waals surface area contributed by atoms with Gasteiger partial charge in [0.1, 0.15) is 0 Å². The first-order chi connectivity index (χ1) is 11.1. The van der Waals surface area contributed by atoms with Crippen LogP contribution in [0.25, 0.3) is 0 Å². The van der Waals surface area contributed by atoms with Crippen LogP contribution < -0.4 is 10.6 Å². The van der Waals surface area contributed by atoms with E-state index in [1.54, 1.807) is 0 Å². The summed E-state index contributed by atoms with van der Waals surface area (Å²) in [6.45, 7) is 6.19. The minimum absolute atomic E-state index is 0. The van der Waals surface area contributed by atoms with Crippen LogP contribution in [0.2, 0.25) is 0 Å². The summed E-state index contributed by atoms with van der Waals surface area (Å²) in [5.74, 6) is 0.959. The average molecular weight is 395 g/mol. The van der Waals surface area contributed by atoms with E-state index in [2.05, 4.69) is 15.5 Å². The van der Waals surface area contributed by atoms with Crippen molar-refractivity contribution in [2.45, 2.75) is 51.1 Å². The topological polar surface area (TPSA) is 64.7 Å². The summed E-state index contributed by atoms with van der Waals surface area (Å²) >= 11 is 0. The van der Waals surface area contributed by atoms with Crippen molar-refractivity contribution in [2.75, 3.05) is 39.3 Å². The lowest BCUT2D eigenvalue weighted by Gasteiger charge is -2.36. The molecule has 3 aliphatic heterocycles. The highest BCUT2D eigenvalue weighted by molar-refractivity contribution is 5.85. The normalized spacial score (nSPS) is 28.7. The standard InChI is InChI=1S/C17H30N4O2.2ClH/c1-2-18-16(22)12-20-5-7-21(8-6-20)17(23)11-13-9-14-3-4-15(10-13)19-14;;/h13-15,19H,2-12H2,1H3,(H,18,22);2*1H. The van der Waals surface area contributed by atoms with Crippen LogP contribution in [-0.4, -0.2) is 73.0 Å². The number of halogens is 2. The van der Waals surface area contributed by atoms with Gasteiger partial charge < -0.3 is 15.5 Å². The molecule has 0 radical (unpaired) electrons. The molecule has 3 heterocycles. The molecule has 8 heteroatoms. The zero-order valence-corrected chi connectivity index (χ0v) is 16.7. The van der Waals surface area contributed by atoms with Crippen molar-refractivity contribution in [3.8, 4) is 0 Å². The van der Waals surface area contributed by atoms with E-state index in [1.807, 2.05) is 11.8 Å². The summed E-state index contributed by atoms with van der Waals surface area (Å²) in [6.07, 6.45) is 5.62. The number of nitrogens with one attached hydrogen (secondary N) is 2. The predicted octanol–water partition coefficient (Wildman–Crippen LogP) is 1.03. The number of likely N-dealkylation sites (N-methyl/N-ethyl adjacent to an activating group) is 1. The van der Waals surface area contributed by atoms with Gasteiger partial charge in [-0.15, -0.1) is 24.8 Å². The van der Waals surface area contributed by atoms with E-state index in [0.717, 1.165) is 26.2 Å². The van der Waals surface area contributed by atoms with Crippen LogP contribution in [0.15, 0.2) is 0 Å². The van der Waals surface area contributed by atoms with Crippen molar-refractivity contribution >= 4 is 36.6 Å². The molecule has 2 atom stereocenters. The number of rotatable bonds is 5. The molecule has 0 aromatic rings. The summed E-state index contributed by atoms with van der Waals surface area (Å²) in [7, 11) is 0. The molecule has 3 saturated heterocycles. The Morgan fingerprint density at radius 3 is 2.20 bits per heavy atom. The van der Waals surface area contributed by atoms with E-state index in [4.69, 9.17) is 0 Å². The van der Waals surface area contributed by atoms with Crippen molar-refractivity contribution < 1.29 is 9.59 Å². The lowest BCUT2D eigenvalue weighted by molar-refractivity contribution is -0.134. The van der Waals surface area contributed by atoms with Crippen LogP contribution in [-0.2, 0) is 9.59 Å². The molecule has 0 saturated carbocycles. The Morgan fingerprint density at radius 1 is 1.04 bits per heavy atom. The summed E-state index contributed by atoms with van der Waals surface area (Å²) in [5.41, 5.74) is 0. The van der Waals surface area contributed by atoms with Crippen LogP contribution in [0, 0.1) is 5.92 Å². The molecular weight excluding hydrogens is 363 g/mol. The van der Waals surface area contributed by atoms with Gasteiger partial charge in [-0.3, -0.25) is 14.5 Å². The maximum absolute atomic E-state index is 12.5. The van der Waals surface area contributed by atoms with E-state index in [0.29, 0.717) is 43.4 Å². The molecule has 3 fully saturated rings. The van der Waals surface area contributed by atoms with Crippen molar-refractivity contribution in [1.29, 1.82) is 0 Å². The first-order valence-corrected chi connectivity index (χ1v) is 9.17. The molecule has 6 nitrogen and oxygen atoms in total. The summed E-state index contributed by atoms with van der Waals surface area (Å²) in [6, 6.07) is 1.31. The molecule has 0 aromatic carbocycles. The number of fused-ring (bicyclic) bond motifs is 2. The van der Waals surface area contributed by atoms with Crippen molar-refractivity contribution in [3.05, 3.63) is 0 Å². The molecule has 3 rings (SSSR count). The molecule has 0 aromatic heterocycles. The fourth-order valence-electron chi connectivity index (χ4n) is 4.33. The molecule has 2 amide bonds. The highest BCUT2D eigenvalue weighted by Crippen LogP contribution is 2.33. The molecule has 2 N–H and O–H groups in total. The second kappa shape index (κ2) is 10.6. The van der Waals surface area contributed by atoms with Crippen LogP contribution >= 0.6 is 24.8 Å². The van der Waals surface area contributed by atoms with Crippen LogP contribution in [0.4, 0.5) is 0 Å². The van der Waals surface area contributed by atoms with Gasteiger partial charge >= 0.3 is 0 Å². The van der Waals surface area contributed by atoms with Crippen LogP contribution in [0.1, 0.15) is 39.0 Å². The third kappa shape index (κ3) is 6.27. The number of hydrogen-bond donors (Lipinski definition) is 2. The largest absolute Gasteiger partial charge is 0.355 e. The van der Waals surface area contributed by atoms with Gasteiger partial charge in [-0.25, -0.2) is 0 Å². The molecule has 3 aliphatic rings. The summed E-state index contributed by atoms with van der Waals surface area (Å²) < 4.78 is 0. The zero-order chi connectivity index (χ0) is 16.2. The van der Waals surface area contributed by atoms with Crippen molar-refractivity contribution in [2.24, 2.45) is 5.92 Å². The molecule has 25 heavy (non-hydrogen) atoms. The third-order valence-electron chi connectivity index (χ3n) is 5.50. The van der Waals surface area contributed by atoms with Gasteiger partial charge in [0.15, 0.2) is 0 Å². The van der Waals surface area contributed by atoms with Gasteiger partial charge in [0.05, 0.1) is 6.54 Å². The summed E-state index contributed by atoms with van der Waals surface area (Å²) in [5, 5.41) is 6.47. The predicted molar refractivity (Wildman–Crippen MR) is 103 cm³/mol. The molecule has 2 bridgehead atoms. The highest BCUT2D eigenvalue weighted by atomic mass is 35.5. The Labute approximate surface area is 163 Å². The van der Waals surface area contributed by atoms with Crippen molar-refractivity contribution in [3.63, 3.8) is 0 Å². The number of nitrogens with zero attached hydrogens (tertiary/aromatic N) is 2. The maximum atomic E-state index is 12.5. The second-order valence-electron chi connectivity index (χ2n) is 7.29. The van der Waals surface area contributed by atoms with E-state index in [1.165, 1.54) is 25.7 Å². The number of piperazine rings is 1. The Hall–Kier alpha value is -0.560. The molecule has 146 valence electrons. The van der Waals surface area contributed by atoms with Gasteiger partial charge in [-0.1, -0.05) is 0 Å². The van der Waals surface area contributed by atoms with Gasteiger partial charge in [0.2, 0.25) is 11.8 Å². The van der Waals surface area contributed by atoms with Crippen molar-refractivity contribution in [1.82, 2.24) is 20.4 Å². The SMILES string of the molecule is CCNC(=O)CN1CCN(C(=O)CC2CC3CCC(C2)N3)CC1.Cl.Cl. The second-order valence-corrected chi connectivity index (χ2v) is 7.29. The Balaban J connectivity index is 0.00000156. The van der Waals surface area contributed by atoms with E-state index < -0.39 is 0 Å². The molecular formula is C17H32Cl2N4O2. The lowest BCUT2D eigenvalue weighted by Crippen LogP contribution is -2.51. The van der Waals surface area contributed by atoms with Gasteiger partial charge in [-0.05, 0) is 38.5 Å². The Kier molecular flexibility index (Phi) is 9.49. The Bertz CT molecular complexity index is 432. The minimum atomic E-state index is 0. The quantitative estimate of drug-likeness (QED) is 0.730. The number of hydrogen-bond acceptors (Lipinski definition) is 4. The number of carbonyl (C=O) groups is 2. The van der Waals surface area contributed by atoms with E-state index >= 15 is 0 Å². The molecule has 0 aliphatic carbocycles. The average Bonchev–Trinajstić information content (AvgIpc) is 2.87. The third-order valence-corrected chi connectivity index (χ3v) is 5.50. The van der Waals surface area contributed by atoms with Crippen LogP contribution in [0.5, 0.6) is 0 Å². The van der Waals surface area contributed by atoms with E-state index in [9.17, 15) is 9.59 Å². The number of amides is 2. The van der Waals surface area contributed by atoms with Gasteiger partial charge in [-0.2, -0.15) is 0 Å². The van der Waals surface area contributed by atoms with E-state index in [-0.39, 0.29) is 30.7 Å². The smallest absolute Gasteiger partial charge is 0.234 e. The fourth-order valence-corrected chi connectivity index (χ4v) is 4.33. The van der Waals surface area contributed by atoms with Gasteiger partial charge in [0.25, 0.3) is 0 Å². The fraction of sp³-hybridized carbons (Fsp3) is 0.882. The van der Waals surface area contributed by atoms with Crippen LogP contribution in [0.3, 0.4) is 0 Å². The zero-order valence-electron chi connectivity index (χ0n) is 15.0.